The van der Waals surface area contributed by atoms with Crippen LogP contribution < -0.4 is 16.4 Å². The van der Waals surface area contributed by atoms with E-state index in [9.17, 15) is 4.79 Å². The fraction of sp³-hybridized carbons (Fsp3) is 0.571. The minimum absolute atomic E-state index is 0.427. The molecule has 1 atom stereocenters. The van der Waals surface area contributed by atoms with Gasteiger partial charge in [-0.3, -0.25) is 9.69 Å². The van der Waals surface area contributed by atoms with Crippen molar-refractivity contribution < 1.29 is 4.79 Å². The highest BCUT2D eigenvalue weighted by Gasteiger charge is 2.30. The number of nitrogens with zero attached hydrogens (tertiary/aromatic N) is 3. The second kappa shape index (κ2) is 5.28. The summed E-state index contributed by atoms with van der Waals surface area (Å²) in [7, 11) is 0. The summed E-state index contributed by atoms with van der Waals surface area (Å²) >= 11 is 0. The van der Waals surface area contributed by atoms with Gasteiger partial charge in [0.1, 0.15) is 5.82 Å². The molecular formula is C14H21N5O. The van der Waals surface area contributed by atoms with E-state index in [2.05, 4.69) is 14.8 Å². The molecule has 1 aromatic heterocycles. The van der Waals surface area contributed by atoms with Crippen molar-refractivity contribution in [2.45, 2.75) is 25.3 Å². The molecule has 2 aliphatic rings. The molecule has 20 heavy (non-hydrogen) atoms. The maximum absolute atomic E-state index is 11.6. The summed E-state index contributed by atoms with van der Waals surface area (Å²) in [5, 5.41) is 0. The molecule has 1 aromatic rings. The third kappa shape index (κ3) is 2.43. The van der Waals surface area contributed by atoms with Gasteiger partial charge >= 0.3 is 0 Å². The summed E-state index contributed by atoms with van der Waals surface area (Å²) in [5.74, 6) is 0.216. The highest BCUT2D eigenvalue weighted by Crippen LogP contribution is 2.26. The Morgan fingerprint density at radius 1 is 1.30 bits per heavy atom. The highest BCUT2D eigenvalue weighted by atomic mass is 16.1. The molecule has 0 radical (unpaired) electrons. The number of carbonyl (C=O) groups is 1. The smallest absolute Gasteiger partial charge is 0.252 e. The molecule has 3 heterocycles. The van der Waals surface area contributed by atoms with Gasteiger partial charge in [0.15, 0.2) is 0 Å². The number of rotatable bonds is 2. The number of primary amides is 1. The Balaban J connectivity index is 1.89. The third-order valence-electron chi connectivity index (χ3n) is 4.26. The van der Waals surface area contributed by atoms with Crippen molar-refractivity contribution in [1.82, 2.24) is 9.88 Å². The summed E-state index contributed by atoms with van der Waals surface area (Å²) in [6, 6.07) is 2.19. The van der Waals surface area contributed by atoms with Gasteiger partial charge in [-0.05, 0) is 31.9 Å². The van der Waals surface area contributed by atoms with Crippen molar-refractivity contribution in [2.75, 3.05) is 36.8 Å². The Morgan fingerprint density at radius 2 is 2.10 bits per heavy atom. The monoisotopic (exact) mass is 275 g/mol. The Hall–Kier alpha value is -1.82. The maximum atomic E-state index is 11.6. The van der Waals surface area contributed by atoms with E-state index in [4.69, 9.17) is 11.5 Å². The van der Waals surface area contributed by atoms with Crippen LogP contribution in [0.25, 0.3) is 0 Å². The second-order valence-electron chi connectivity index (χ2n) is 5.64. The van der Waals surface area contributed by atoms with Crippen LogP contribution in [0.1, 0.15) is 29.6 Å². The van der Waals surface area contributed by atoms with Crippen molar-refractivity contribution >= 4 is 17.4 Å². The molecule has 0 aromatic carbocycles. The van der Waals surface area contributed by atoms with Crippen LogP contribution in [0.2, 0.25) is 0 Å². The Labute approximate surface area is 118 Å². The summed E-state index contributed by atoms with van der Waals surface area (Å²) in [4.78, 5) is 20.7. The minimum Gasteiger partial charge on any atom is -0.397 e. The number of amides is 1. The van der Waals surface area contributed by atoms with Crippen molar-refractivity contribution in [3.63, 3.8) is 0 Å². The summed E-state index contributed by atoms with van der Waals surface area (Å²) in [6.07, 6.45) is 5.16. The summed E-state index contributed by atoms with van der Waals surface area (Å²) < 4.78 is 0. The van der Waals surface area contributed by atoms with E-state index in [1.54, 1.807) is 12.3 Å². The number of hydrogen-bond donors (Lipinski definition) is 2. The van der Waals surface area contributed by atoms with Gasteiger partial charge in [0.2, 0.25) is 0 Å². The Kier molecular flexibility index (Phi) is 3.48. The standard InChI is InChI=1S/C14H21N5O/c15-10-7-12(13(16)20)14(17-8-10)19-6-2-5-18-4-1-3-11(18)9-19/h7-8,11H,1-6,9,15H2,(H2,16,20). The number of nitrogens with two attached hydrogens (primary N) is 2. The molecule has 0 spiro atoms. The van der Waals surface area contributed by atoms with Crippen LogP contribution in [0.4, 0.5) is 11.5 Å². The molecule has 0 bridgehead atoms. The molecular weight excluding hydrogens is 254 g/mol. The maximum Gasteiger partial charge on any atom is 0.252 e. The van der Waals surface area contributed by atoms with Gasteiger partial charge in [-0.25, -0.2) is 4.98 Å². The van der Waals surface area contributed by atoms with Crippen molar-refractivity contribution in [1.29, 1.82) is 0 Å². The predicted molar refractivity (Wildman–Crippen MR) is 78.6 cm³/mol. The van der Waals surface area contributed by atoms with E-state index >= 15 is 0 Å². The third-order valence-corrected chi connectivity index (χ3v) is 4.26. The number of carbonyl (C=O) groups excluding carboxylic acids is 1. The first-order valence-electron chi connectivity index (χ1n) is 7.19. The van der Waals surface area contributed by atoms with Crippen LogP contribution in [0.15, 0.2) is 12.3 Å². The molecule has 1 unspecified atom stereocenters. The molecule has 0 aliphatic carbocycles. The normalized spacial score (nSPS) is 23.4. The largest absolute Gasteiger partial charge is 0.397 e. The Bertz CT molecular complexity index is 518. The van der Waals surface area contributed by atoms with E-state index in [1.165, 1.54) is 19.4 Å². The summed E-state index contributed by atoms with van der Waals surface area (Å²) in [5.41, 5.74) is 12.1. The van der Waals surface area contributed by atoms with Crippen LogP contribution >= 0.6 is 0 Å². The molecule has 3 rings (SSSR count). The predicted octanol–water partition coefficient (Wildman–Crippen LogP) is 0.437. The highest BCUT2D eigenvalue weighted by molar-refractivity contribution is 5.98. The fourth-order valence-corrected chi connectivity index (χ4v) is 3.31. The SMILES string of the molecule is NC(=O)c1cc(N)cnc1N1CCCN2CCCC2C1. The number of anilines is 2. The van der Waals surface area contributed by atoms with Crippen LogP contribution in [-0.2, 0) is 0 Å². The number of fused-ring (bicyclic) bond motifs is 1. The zero-order valence-electron chi connectivity index (χ0n) is 11.6. The molecule has 4 N–H and O–H groups in total. The molecule has 2 fully saturated rings. The number of aromatic nitrogens is 1. The van der Waals surface area contributed by atoms with E-state index < -0.39 is 5.91 Å². The molecule has 6 nitrogen and oxygen atoms in total. The fourth-order valence-electron chi connectivity index (χ4n) is 3.31. The zero-order chi connectivity index (χ0) is 14.1. The Morgan fingerprint density at radius 3 is 2.90 bits per heavy atom. The van der Waals surface area contributed by atoms with Gasteiger partial charge in [0.25, 0.3) is 5.91 Å². The van der Waals surface area contributed by atoms with Crippen molar-refractivity contribution in [2.24, 2.45) is 5.73 Å². The van der Waals surface area contributed by atoms with Crippen molar-refractivity contribution in [3.05, 3.63) is 17.8 Å². The van der Waals surface area contributed by atoms with Gasteiger partial charge in [0.05, 0.1) is 17.4 Å². The van der Waals surface area contributed by atoms with Gasteiger partial charge in [-0.1, -0.05) is 0 Å². The zero-order valence-corrected chi connectivity index (χ0v) is 11.6. The number of nitrogen functional groups attached to an aromatic ring is 1. The average molecular weight is 275 g/mol. The lowest BCUT2D eigenvalue weighted by Gasteiger charge is -2.27. The second-order valence-corrected chi connectivity index (χ2v) is 5.64. The van der Waals surface area contributed by atoms with E-state index in [0.29, 0.717) is 23.1 Å². The topological polar surface area (TPSA) is 88.5 Å². The van der Waals surface area contributed by atoms with Gasteiger partial charge in [0, 0.05) is 25.7 Å². The lowest BCUT2D eigenvalue weighted by molar-refractivity contribution is 0.100. The van der Waals surface area contributed by atoms with Gasteiger partial charge in [-0.15, -0.1) is 0 Å². The summed E-state index contributed by atoms with van der Waals surface area (Å²) in [6.45, 7) is 4.14. The first-order valence-corrected chi connectivity index (χ1v) is 7.19. The van der Waals surface area contributed by atoms with Crippen LogP contribution in [0, 0.1) is 0 Å². The van der Waals surface area contributed by atoms with Gasteiger partial charge in [-0.2, -0.15) is 0 Å². The number of pyridine rings is 1. The van der Waals surface area contributed by atoms with Crippen LogP contribution in [-0.4, -0.2) is 48.0 Å². The molecule has 1 amide bonds. The van der Waals surface area contributed by atoms with Gasteiger partial charge < -0.3 is 16.4 Å². The molecule has 6 heteroatoms. The van der Waals surface area contributed by atoms with Crippen molar-refractivity contribution in [3.8, 4) is 0 Å². The number of hydrogen-bond acceptors (Lipinski definition) is 5. The average Bonchev–Trinajstić information content (AvgIpc) is 2.76. The van der Waals surface area contributed by atoms with E-state index in [-0.39, 0.29) is 0 Å². The lowest BCUT2D eigenvalue weighted by Crippen LogP contribution is -2.37. The first-order chi connectivity index (χ1) is 9.65. The lowest BCUT2D eigenvalue weighted by atomic mass is 10.1. The quantitative estimate of drug-likeness (QED) is 0.817. The first kappa shape index (κ1) is 13.2. The van der Waals surface area contributed by atoms with E-state index in [0.717, 1.165) is 26.1 Å². The minimum atomic E-state index is -0.465. The molecule has 0 saturated carbocycles. The van der Waals surface area contributed by atoms with Crippen LogP contribution in [0.5, 0.6) is 0 Å². The van der Waals surface area contributed by atoms with Crippen LogP contribution in [0.3, 0.4) is 0 Å². The molecule has 2 aliphatic heterocycles. The molecule has 2 saturated heterocycles. The molecule has 108 valence electrons. The van der Waals surface area contributed by atoms with E-state index in [1.807, 2.05) is 0 Å².